The fourth-order valence-corrected chi connectivity index (χ4v) is 2.64. The van der Waals surface area contributed by atoms with Crippen LogP contribution in [0.25, 0.3) is 5.65 Å². The number of rotatable bonds is 0. The molecule has 4 rings (SSSR count). The van der Waals surface area contributed by atoms with Gasteiger partial charge in [-0.3, -0.25) is 4.40 Å². The monoisotopic (exact) mass is 349 g/mol. The Hall–Kier alpha value is -4.02. The van der Waals surface area contributed by atoms with Gasteiger partial charge >= 0.3 is 0 Å². The maximum atomic E-state index is 10.4. The molecule has 1 N–H and O–H groups in total. The summed E-state index contributed by atoms with van der Waals surface area (Å²) in [7, 11) is 0. The Morgan fingerprint density at radius 3 is 2.04 bits per heavy atom. The van der Waals surface area contributed by atoms with Gasteiger partial charge < -0.3 is 5.11 Å². The van der Waals surface area contributed by atoms with Crippen LogP contribution in [-0.4, -0.2) is 19.5 Å². The Morgan fingerprint density at radius 1 is 0.815 bits per heavy atom. The number of aromatic hydroxyl groups is 1. The maximum absolute atomic E-state index is 10.4. The largest absolute Gasteiger partial charge is 0.493 e. The molecule has 128 valence electrons. The van der Waals surface area contributed by atoms with Crippen LogP contribution in [0.4, 0.5) is 0 Å². The molecule has 0 unspecified atom stereocenters. The van der Waals surface area contributed by atoms with Gasteiger partial charge in [0.2, 0.25) is 5.88 Å². The van der Waals surface area contributed by atoms with Gasteiger partial charge in [-0.2, -0.15) is 0 Å². The first-order valence-electron chi connectivity index (χ1n) is 8.43. The van der Waals surface area contributed by atoms with Gasteiger partial charge in [0.25, 0.3) is 0 Å². The summed E-state index contributed by atoms with van der Waals surface area (Å²) >= 11 is 0. The zero-order valence-corrected chi connectivity index (χ0v) is 14.6. The van der Waals surface area contributed by atoms with Crippen LogP contribution >= 0.6 is 0 Å². The van der Waals surface area contributed by atoms with Gasteiger partial charge in [0.1, 0.15) is 11.4 Å². The highest BCUT2D eigenvalue weighted by Gasteiger charge is 2.14. The second-order valence-electron chi connectivity index (χ2n) is 5.90. The second-order valence-corrected chi connectivity index (χ2v) is 5.90. The Bertz CT molecular complexity index is 1230. The fourth-order valence-electron chi connectivity index (χ4n) is 2.64. The minimum atomic E-state index is 0.0486. The van der Waals surface area contributed by atoms with Crippen molar-refractivity contribution in [2.45, 2.75) is 6.92 Å². The van der Waals surface area contributed by atoms with Crippen molar-refractivity contribution in [3.8, 4) is 29.6 Å². The normalized spacial score (nSPS) is 9.96. The van der Waals surface area contributed by atoms with Crippen molar-refractivity contribution in [2.24, 2.45) is 0 Å². The quantitative estimate of drug-likeness (QED) is 0.494. The first-order chi connectivity index (χ1) is 13.2. The number of hydrogen-bond donors (Lipinski definition) is 1. The van der Waals surface area contributed by atoms with Crippen molar-refractivity contribution in [2.75, 3.05) is 0 Å². The minimum absolute atomic E-state index is 0.0486. The summed E-state index contributed by atoms with van der Waals surface area (Å²) in [6.07, 6.45) is 1.61. The van der Waals surface area contributed by atoms with Crippen LogP contribution in [0.1, 0.15) is 28.2 Å². The lowest BCUT2D eigenvalue weighted by Gasteiger charge is -2.01. The standard InChI is InChI=1S/C23H15N3O/c1-17-23(27)26-20(14-12-18-8-4-2-5-9-18)16-24-21(22(26)25-17)15-13-19-10-6-3-7-11-19/h2-11,16,27H,1H3. The van der Waals surface area contributed by atoms with Crippen molar-refractivity contribution in [3.05, 3.63) is 95.1 Å². The number of benzene rings is 2. The minimum Gasteiger partial charge on any atom is -0.493 e. The summed E-state index contributed by atoms with van der Waals surface area (Å²) in [5.41, 5.74) is 3.82. The number of aryl methyl sites for hydroxylation is 1. The lowest BCUT2D eigenvalue weighted by molar-refractivity contribution is 0.443. The molecule has 0 spiro atoms. The summed E-state index contributed by atoms with van der Waals surface area (Å²) in [5.74, 6) is 12.3. The molecule has 2 heterocycles. The van der Waals surface area contributed by atoms with Gasteiger partial charge in [0, 0.05) is 11.1 Å². The zero-order chi connectivity index (χ0) is 18.6. The molecule has 4 heteroatoms. The average molecular weight is 349 g/mol. The van der Waals surface area contributed by atoms with Crippen LogP contribution < -0.4 is 0 Å². The smallest absolute Gasteiger partial charge is 0.220 e. The summed E-state index contributed by atoms with van der Waals surface area (Å²) in [4.78, 5) is 8.84. The van der Waals surface area contributed by atoms with E-state index in [1.165, 1.54) is 0 Å². The molecule has 2 aromatic carbocycles. The molecule has 0 atom stereocenters. The van der Waals surface area contributed by atoms with Crippen LogP contribution in [0.2, 0.25) is 0 Å². The molecule has 0 aliphatic carbocycles. The topological polar surface area (TPSA) is 50.4 Å². The number of fused-ring (bicyclic) bond motifs is 1. The molecule has 27 heavy (non-hydrogen) atoms. The third kappa shape index (κ3) is 3.38. The van der Waals surface area contributed by atoms with Gasteiger partial charge in [-0.05, 0) is 43.0 Å². The lowest BCUT2D eigenvalue weighted by Crippen LogP contribution is -1.98. The molecule has 4 aromatic rings. The van der Waals surface area contributed by atoms with Crippen molar-refractivity contribution >= 4 is 5.65 Å². The number of imidazole rings is 1. The highest BCUT2D eigenvalue weighted by molar-refractivity contribution is 5.60. The van der Waals surface area contributed by atoms with E-state index in [9.17, 15) is 5.11 Å². The molecular formula is C23H15N3O. The van der Waals surface area contributed by atoms with Gasteiger partial charge in [-0.15, -0.1) is 0 Å². The highest BCUT2D eigenvalue weighted by atomic mass is 16.3. The molecule has 2 aromatic heterocycles. The van der Waals surface area contributed by atoms with E-state index >= 15 is 0 Å². The third-order valence-corrected chi connectivity index (χ3v) is 4.00. The SMILES string of the molecule is Cc1nc2c(C#Cc3ccccc3)ncc(C#Cc3ccccc3)n2c1O. The van der Waals surface area contributed by atoms with E-state index in [4.69, 9.17) is 0 Å². The first kappa shape index (κ1) is 16.4. The second kappa shape index (κ2) is 7.07. The van der Waals surface area contributed by atoms with Gasteiger partial charge in [-0.25, -0.2) is 9.97 Å². The van der Waals surface area contributed by atoms with E-state index in [0.717, 1.165) is 11.1 Å². The third-order valence-electron chi connectivity index (χ3n) is 4.00. The first-order valence-corrected chi connectivity index (χ1v) is 8.43. The van der Waals surface area contributed by atoms with Crippen molar-refractivity contribution in [1.82, 2.24) is 14.4 Å². The Labute approximate surface area is 157 Å². The van der Waals surface area contributed by atoms with E-state index in [2.05, 4.69) is 33.6 Å². The molecule has 0 bridgehead atoms. The molecule has 0 fully saturated rings. The van der Waals surface area contributed by atoms with E-state index in [0.29, 0.717) is 22.7 Å². The molecule has 0 aliphatic rings. The van der Waals surface area contributed by atoms with Crippen LogP contribution in [-0.2, 0) is 0 Å². The molecule has 0 saturated heterocycles. The molecule has 4 nitrogen and oxygen atoms in total. The van der Waals surface area contributed by atoms with Gasteiger partial charge in [0.15, 0.2) is 11.3 Å². The number of hydrogen-bond acceptors (Lipinski definition) is 3. The molecular weight excluding hydrogens is 334 g/mol. The summed E-state index contributed by atoms with van der Waals surface area (Å²) < 4.78 is 1.59. The highest BCUT2D eigenvalue weighted by Crippen LogP contribution is 2.21. The van der Waals surface area contributed by atoms with Gasteiger partial charge in [-0.1, -0.05) is 48.2 Å². The van der Waals surface area contributed by atoms with E-state index in [1.54, 1.807) is 17.5 Å². The van der Waals surface area contributed by atoms with Crippen LogP contribution in [0.15, 0.2) is 66.9 Å². The van der Waals surface area contributed by atoms with Crippen molar-refractivity contribution in [1.29, 1.82) is 0 Å². The van der Waals surface area contributed by atoms with Gasteiger partial charge in [0.05, 0.1) is 6.20 Å². The molecule has 0 aliphatic heterocycles. The predicted octanol–water partition coefficient (Wildman–Crippen LogP) is 3.54. The Balaban J connectivity index is 1.83. The maximum Gasteiger partial charge on any atom is 0.220 e. The van der Waals surface area contributed by atoms with Crippen LogP contribution in [0.3, 0.4) is 0 Å². The predicted molar refractivity (Wildman–Crippen MR) is 104 cm³/mol. The Kier molecular flexibility index (Phi) is 4.31. The summed E-state index contributed by atoms with van der Waals surface area (Å²) in [5, 5.41) is 10.4. The van der Waals surface area contributed by atoms with E-state index < -0.39 is 0 Å². The summed E-state index contributed by atoms with van der Waals surface area (Å²) in [6, 6.07) is 19.3. The fraction of sp³-hybridized carbons (Fsp3) is 0.0435. The van der Waals surface area contributed by atoms with Crippen LogP contribution in [0, 0.1) is 30.6 Å². The van der Waals surface area contributed by atoms with E-state index in [1.807, 2.05) is 60.7 Å². The van der Waals surface area contributed by atoms with E-state index in [-0.39, 0.29) is 5.88 Å². The molecule has 0 amide bonds. The van der Waals surface area contributed by atoms with Crippen molar-refractivity contribution < 1.29 is 5.11 Å². The molecule has 0 radical (unpaired) electrons. The summed E-state index contributed by atoms with van der Waals surface area (Å²) in [6.45, 7) is 1.74. The number of aromatic nitrogens is 3. The average Bonchev–Trinajstić information content (AvgIpc) is 3.02. The zero-order valence-electron chi connectivity index (χ0n) is 14.6. The van der Waals surface area contributed by atoms with Crippen LogP contribution in [0.5, 0.6) is 5.88 Å². The van der Waals surface area contributed by atoms with Crippen molar-refractivity contribution in [3.63, 3.8) is 0 Å². The molecule has 0 saturated carbocycles. The number of nitrogens with zero attached hydrogens (tertiary/aromatic N) is 3. The Morgan fingerprint density at radius 2 is 1.41 bits per heavy atom. The lowest BCUT2D eigenvalue weighted by atomic mass is 10.2.